The van der Waals surface area contributed by atoms with E-state index < -0.39 is 18.6 Å². The van der Waals surface area contributed by atoms with Crippen molar-refractivity contribution >= 4 is 34.9 Å². The fourth-order valence-corrected chi connectivity index (χ4v) is 2.81. The molecule has 5 nitrogen and oxygen atoms in total. The normalized spacial score (nSPS) is 11.9. The third-order valence-electron chi connectivity index (χ3n) is 4.48. The summed E-state index contributed by atoms with van der Waals surface area (Å²) in [7, 11) is 0. The van der Waals surface area contributed by atoms with Crippen molar-refractivity contribution in [2.24, 2.45) is 0 Å². The maximum atomic E-state index is 11.6. The van der Waals surface area contributed by atoms with Crippen molar-refractivity contribution in [3.63, 3.8) is 0 Å². The number of hydrogen-bond acceptors (Lipinski definition) is 3. The second kappa shape index (κ2) is 21.7. The van der Waals surface area contributed by atoms with E-state index in [1.165, 1.54) is 51.4 Å². The summed E-state index contributed by atoms with van der Waals surface area (Å²) in [6.07, 6.45) is 20.5. The average molecular weight is 396 g/mol. The van der Waals surface area contributed by atoms with Crippen molar-refractivity contribution in [2.45, 2.75) is 103 Å². The van der Waals surface area contributed by atoms with Crippen LogP contribution < -0.4 is 5.32 Å². The molecular weight excluding hydrogens is 355 g/mol. The SMILES string of the molecule is CCCCCCCC/C=C\CCCCCCCC(=O)N[C@@H](CO)C(=O)O.[H-].[H-].[Mg+2]. The minimum Gasteiger partial charge on any atom is -1.00 e. The van der Waals surface area contributed by atoms with E-state index in [0.717, 1.165) is 32.1 Å². The summed E-state index contributed by atoms with van der Waals surface area (Å²) in [5.41, 5.74) is 0. The smallest absolute Gasteiger partial charge is 1.00 e. The first kappa shape index (κ1) is 28.6. The number of nitrogens with one attached hydrogen (secondary N) is 1. The predicted octanol–water partition coefficient (Wildman–Crippen LogP) is 4.43. The first-order valence-electron chi connectivity index (χ1n) is 10.4. The second-order valence-corrected chi connectivity index (χ2v) is 6.98. The molecule has 3 N–H and O–H groups in total. The Morgan fingerprint density at radius 3 is 1.85 bits per heavy atom. The average Bonchev–Trinajstić information content (AvgIpc) is 2.62. The van der Waals surface area contributed by atoms with Crippen LogP contribution in [0.3, 0.4) is 0 Å². The quantitative estimate of drug-likeness (QED) is 0.182. The Morgan fingerprint density at radius 1 is 0.889 bits per heavy atom. The van der Waals surface area contributed by atoms with E-state index >= 15 is 0 Å². The number of carboxylic acids is 1. The van der Waals surface area contributed by atoms with Gasteiger partial charge in [-0.15, -0.1) is 0 Å². The van der Waals surface area contributed by atoms with Crippen LogP contribution in [0.1, 0.15) is 99.7 Å². The van der Waals surface area contributed by atoms with E-state index in [0.29, 0.717) is 6.42 Å². The molecule has 1 amide bonds. The Hall–Kier alpha value is -0.594. The summed E-state index contributed by atoms with van der Waals surface area (Å²) >= 11 is 0. The molecule has 156 valence electrons. The van der Waals surface area contributed by atoms with E-state index in [4.69, 9.17) is 10.2 Å². The summed E-state index contributed by atoms with van der Waals surface area (Å²) < 4.78 is 0. The van der Waals surface area contributed by atoms with E-state index in [9.17, 15) is 9.59 Å². The number of aliphatic carboxylic acids is 1. The van der Waals surface area contributed by atoms with Gasteiger partial charge in [0.05, 0.1) is 6.61 Å². The summed E-state index contributed by atoms with van der Waals surface area (Å²) in [5, 5.41) is 19.9. The van der Waals surface area contributed by atoms with Gasteiger partial charge >= 0.3 is 29.0 Å². The van der Waals surface area contributed by atoms with Gasteiger partial charge in [-0.25, -0.2) is 4.79 Å². The van der Waals surface area contributed by atoms with Gasteiger partial charge in [0.15, 0.2) is 0 Å². The number of aliphatic hydroxyl groups is 1. The van der Waals surface area contributed by atoms with Crippen LogP contribution in [0.4, 0.5) is 0 Å². The molecule has 0 fully saturated rings. The van der Waals surface area contributed by atoms with Crippen LogP contribution in [0, 0.1) is 0 Å². The third kappa shape index (κ3) is 20.0. The molecule has 0 spiro atoms. The maximum absolute atomic E-state index is 11.6. The van der Waals surface area contributed by atoms with E-state index in [1.807, 2.05) is 0 Å². The van der Waals surface area contributed by atoms with Crippen LogP contribution >= 0.6 is 0 Å². The van der Waals surface area contributed by atoms with Gasteiger partial charge in [-0.3, -0.25) is 4.79 Å². The first-order chi connectivity index (χ1) is 12.6. The molecule has 0 saturated heterocycles. The van der Waals surface area contributed by atoms with Gasteiger partial charge in [-0.1, -0.05) is 70.4 Å². The number of amides is 1. The molecule has 27 heavy (non-hydrogen) atoms. The largest absolute Gasteiger partial charge is 2.00 e. The molecule has 1 atom stereocenters. The molecule has 0 aromatic heterocycles. The van der Waals surface area contributed by atoms with Crippen molar-refractivity contribution in [3.8, 4) is 0 Å². The van der Waals surface area contributed by atoms with Gasteiger partial charge in [0.25, 0.3) is 0 Å². The molecule has 0 aromatic carbocycles. The number of allylic oxidation sites excluding steroid dienone is 2. The summed E-state index contributed by atoms with van der Waals surface area (Å²) in [5.74, 6) is -1.51. The Balaban J connectivity index is -0.00000104. The molecular formula is C21H41MgNO4. The van der Waals surface area contributed by atoms with Crippen molar-refractivity contribution in [3.05, 3.63) is 12.2 Å². The Kier molecular flexibility index (Phi) is 23.0. The molecule has 0 aromatic rings. The van der Waals surface area contributed by atoms with Crippen molar-refractivity contribution in [1.29, 1.82) is 0 Å². The Morgan fingerprint density at radius 2 is 1.37 bits per heavy atom. The molecule has 0 aliphatic heterocycles. The molecule has 0 bridgehead atoms. The molecule has 0 heterocycles. The number of carboxylic acid groups (broad SMARTS) is 1. The maximum Gasteiger partial charge on any atom is 2.00 e. The van der Waals surface area contributed by atoms with Gasteiger partial charge in [-0.2, -0.15) is 0 Å². The minimum absolute atomic E-state index is 0. The summed E-state index contributed by atoms with van der Waals surface area (Å²) in [6, 6.07) is -1.19. The Labute approximate surface area is 184 Å². The number of carbonyl (C=O) groups is 2. The van der Waals surface area contributed by atoms with E-state index in [1.54, 1.807) is 0 Å². The van der Waals surface area contributed by atoms with Crippen molar-refractivity contribution in [1.82, 2.24) is 5.32 Å². The number of rotatable bonds is 18. The van der Waals surface area contributed by atoms with Gasteiger partial charge in [0, 0.05) is 6.42 Å². The zero-order chi connectivity index (χ0) is 19.5. The monoisotopic (exact) mass is 395 g/mol. The molecule has 0 aliphatic carbocycles. The van der Waals surface area contributed by atoms with Crippen LogP contribution in [0.25, 0.3) is 0 Å². The van der Waals surface area contributed by atoms with Crippen LogP contribution in [0.15, 0.2) is 12.2 Å². The van der Waals surface area contributed by atoms with Gasteiger partial charge in [-0.05, 0) is 32.1 Å². The molecule has 0 aliphatic rings. The second-order valence-electron chi connectivity index (χ2n) is 6.98. The van der Waals surface area contributed by atoms with Crippen LogP contribution in [0.2, 0.25) is 0 Å². The number of unbranched alkanes of at least 4 members (excludes halogenated alkanes) is 11. The van der Waals surface area contributed by atoms with E-state index in [-0.39, 0.29) is 31.8 Å². The fraction of sp³-hybridized carbons (Fsp3) is 0.810. The zero-order valence-corrected chi connectivity index (χ0v) is 18.7. The van der Waals surface area contributed by atoms with Gasteiger partial charge in [0.1, 0.15) is 6.04 Å². The van der Waals surface area contributed by atoms with Gasteiger partial charge in [0.2, 0.25) is 5.91 Å². The van der Waals surface area contributed by atoms with Crippen LogP contribution in [0.5, 0.6) is 0 Å². The van der Waals surface area contributed by atoms with Crippen LogP contribution in [-0.2, 0) is 9.59 Å². The minimum atomic E-state index is -1.20. The van der Waals surface area contributed by atoms with Gasteiger partial charge < -0.3 is 18.4 Å². The Bertz CT molecular complexity index is 399. The summed E-state index contributed by atoms with van der Waals surface area (Å²) in [6.45, 7) is 1.67. The number of carbonyl (C=O) groups excluding carboxylic acids is 1. The molecule has 0 radical (unpaired) electrons. The predicted molar refractivity (Wildman–Crippen MR) is 114 cm³/mol. The van der Waals surface area contributed by atoms with Crippen molar-refractivity contribution < 1.29 is 22.7 Å². The molecule has 0 saturated carbocycles. The van der Waals surface area contributed by atoms with Crippen LogP contribution in [-0.4, -0.2) is 57.8 Å². The summed E-state index contributed by atoms with van der Waals surface area (Å²) in [4.78, 5) is 22.3. The number of hydrogen-bond donors (Lipinski definition) is 3. The molecule has 6 heteroatoms. The molecule has 0 rings (SSSR count). The number of aliphatic hydroxyl groups excluding tert-OH is 1. The topological polar surface area (TPSA) is 86.6 Å². The van der Waals surface area contributed by atoms with E-state index in [2.05, 4.69) is 24.4 Å². The van der Waals surface area contributed by atoms with Crippen molar-refractivity contribution in [2.75, 3.05) is 6.61 Å². The molecule has 0 unspecified atom stereocenters. The fourth-order valence-electron chi connectivity index (χ4n) is 2.81. The zero-order valence-electron chi connectivity index (χ0n) is 19.3. The first-order valence-corrected chi connectivity index (χ1v) is 10.4. The third-order valence-corrected chi connectivity index (χ3v) is 4.48. The standard InChI is InChI=1S/C21H39NO4.Mg.2H/c1-2-3-4-5-6-7-8-9-10-11-12-13-14-15-16-17-20(24)22-19(18-23)21(25)26;;;/h9-10,19,23H,2-8,11-18H2,1H3,(H,22,24)(H,25,26);;;/q;+2;2*-1/b10-9-;;;/t19-;;;/m0.../s1.